The highest BCUT2D eigenvalue weighted by atomic mass is 32.1. The van der Waals surface area contributed by atoms with Gasteiger partial charge in [0.2, 0.25) is 0 Å². The second kappa shape index (κ2) is 6.41. The lowest BCUT2D eigenvalue weighted by molar-refractivity contribution is 0.0702. The minimum Gasteiger partial charge on any atom is -0.493 e. The van der Waals surface area contributed by atoms with E-state index in [2.05, 4.69) is 6.07 Å². The van der Waals surface area contributed by atoms with Crippen molar-refractivity contribution >= 4 is 17.3 Å². The van der Waals surface area contributed by atoms with Crippen LogP contribution >= 0.6 is 11.3 Å². The lowest BCUT2D eigenvalue weighted by Crippen LogP contribution is -2.08. The Kier molecular flexibility index (Phi) is 5.17. The van der Waals surface area contributed by atoms with Crippen LogP contribution in [0.3, 0.4) is 0 Å². The van der Waals surface area contributed by atoms with Crippen molar-refractivity contribution in [1.29, 1.82) is 5.26 Å². The van der Waals surface area contributed by atoms with Crippen molar-refractivity contribution in [3.05, 3.63) is 16.3 Å². The van der Waals surface area contributed by atoms with Crippen LogP contribution in [0.2, 0.25) is 0 Å². The largest absolute Gasteiger partial charge is 0.493 e. The highest BCUT2D eigenvalue weighted by molar-refractivity contribution is 7.12. The molecule has 1 heterocycles. The van der Waals surface area contributed by atoms with Gasteiger partial charge in [0.15, 0.2) is 0 Å². The number of carboxylic acids is 1. The minimum atomic E-state index is -0.925. The maximum Gasteiger partial charge on any atom is 0.346 e. The van der Waals surface area contributed by atoms with Crippen LogP contribution in [-0.4, -0.2) is 17.7 Å². The summed E-state index contributed by atoms with van der Waals surface area (Å²) >= 11 is 1.16. The Labute approximate surface area is 111 Å². The number of hydrogen-bond acceptors (Lipinski definition) is 4. The first-order valence-corrected chi connectivity index (χ1v) is 6.68. The zero-order valence-corrected chi connectivity index (χ0v) is 11.4. The van der Waals surface area contributed by atoms with E-state index >= 15 is 0 Å². The smallest absolute Gasteiger partial charge is 0.346 e. The molecule has 0 aliphatic carbocycles. The molecule has 0 amide bonds. The third-order valence-electron chi connectivity index (χ3n) is 2.55. The molecule has 0 unspecified atom stereocenters. The Bertz CT molecular complexity index is 445. The van der Waals surface area contributed by atoms with Crippen LogP contribution in [0.4, 0.5) is 0 Å². The van der Waals surface area contributed by atoms with Crippen LogP contribution in [0.25, 0.3) is 0 Å². The summed E-state index contributed by atoms with van der Waals surface area (Å²) in [5, 5.41) is 19.3. The molecule has 4 nitrogen and oxygen atoms in total. The lowest BCUT2D eigenvalue weighted by Gasteiger charge is -2.14. The number of thiophene rings is 1. The Morgan fingerprint density at radius 2 is 2.28 bits per heavy atom. The average Bonchev–Trinajstić information content (AvgIpc) is 2.77. The number of nitrogens with zero attached hydrogens (tertiary/aromatic N) is 1. The second-order valence-corrected chi connectivity index (χ2v) is 5.66. The van der Waals surface area contributed by atoms with Crippen molar-refractivity contribution in [1.82, 2.24) is 0 Å². The van der Waals surface area contributed by atoms with Crippen LogP contribution in [0.15, 0.2) is 11.4 Å². The predicted molar refractivity (Wildman–Crippen MR) is 70.0 cm³/mol. The van der Waals surface area contributed by atoms with Gasteiger partial charge in [0.1, 0.15) is 10.6 Å². The van der Waals surface area contributed by atoms with Gasteiger partial charge in [0.25, 0.3) is 0 Å². The van der Waals surface area contributed by atoms with Gasteiger partial charge in [0.05, 0.1) is 18.1 Å². The van der Waals surface area contributed by atoms with E-state index in [1.807, 2.05) is 13.8 Å². The molecule has 1 N–H and O–H groups in total. The van der Waals surface area contributed by atoms with Crippen LogP contribution in [0.1, 0.15) is 42.8 Å². The average molecular weight is 267 g/mol. The first-order valence-electron chi connectivity index (χ1n) is 5.80. The molecule has 0 saturated heterocycles. The molecule has 0 saturated carbocycles. The van der Waals surface area contributed by atoms with Crippen LogP contribution in [0.5, 0.6) is 5.75 Å². The number of unbranched alkanes of at least 4 members (excludes halogenated alkanes) is 1. The summed E-state index contributed by atoms with van der Waals surface area (Å²) in [4.78, 5) is 10.9. The van der Waals surface area contributed by atoms with E-state index < -0.39 is 5.97 Å². The summed E-state index contributed by atoms with van der Waals surface area (Å²) in [7, 11) is 0. The maximum absolute atomic E-state index is 10.7. The number of hydrogen-bond donors (Lipinski definition) is 1. The van der Waals surface area contributed by atoms with E-state index in [9.17, 15) is 4.79 Å². The molecule has 0 spiro atoms. The van der Waals surface area contributed by atoms with Gasteiger partial charge in [-0.05, 0) is 33.1 Å². The molecular formula is C13H17NO3S. The molecule has 5 heteroatoms. The third kappa shape index (κ3) is 4.76. The van der Waals surface area contributed by atoms with E-state index in [1.54, 1.807) is 5.38 Å². The van der Waals surface area contributed by atoms with Crippen molar-refractivity contribution in [2.24, 2.45) is 5.41 Å². The molecule has 1 aromatic heterocycles. The van der Waals surface area contributed by atoms with Crippen molar-refractivity contribution in [2.75, 3.05) is 6.61 Å². The number of nitriles is 1. The number of rotatable bonds is 7. The Morgan fingerprint density at radius 1 is 1.56 bits per heavy atom. The molecule has 1 aromatic rings. The van der Waals surface area contributed by atoms with Crippen molar-refractivity contribution < 1.29 is 14.6 Å². The maximum atomic E-state index is 10.7. The fourth-order valence-corrected chi connectivity index (χ4v) is 2.09. The number of ether oxygens (including phenoxy) is 1. The number of carbonyl (C=O) groups is 1. The molecule has 98 valence electrons. The fourth-order valence-electron chi connectivity index (χ4n) is 1.42. The van der Waals surface area contributed by atoms with E-state index in [4.69, 9.17) is 15.1 Å². The molecule has 0 atom stereocenters. The second-order valence-electron chi connectivity index (χ2n) is 4.75. The highest BCUT2D eigenvalue weighted by Gasteiger charge is 2.15. The molecule has 0 bridgehead atoms. The summed E-state index contributed by atoms with van der Waals surface area (Å²) < 4.78 is 5.45. The fraction of sp³-hybridized carbons (Fsp3) is 0.538. The quantitative estimate of drug-likeness (QED) is 0.767. The standard InChI is InChI=1S/C13H17NO3S/c1-13(2,9-14)5-3-4-6-17-10-7-11(12(15)16)18-8-10/h7-8H,3-6H2,1-2H3,(H,15,16). The van der Waals surface area contributed by atoms with Crippen molar-refractivity contribution in [2.45, 2.75) is 33.1 Å². The predicted octanol–water partition coefficient (Wildman–Crippen LogP) is 3.55. The topological polar surface area (TPSA) is 70.3 Å². The number of aromatic carboxylic acids is 1. The van der Waals surface area contributed by atoms with Gasteiger partial charge in [-0.25, -0.2) is 4.79 Å². The molecule has 0 aromatic carbocycles. The van der Waals surface area contributed by atoms with Crippen LogP contribution in [0, 0.1) is 16.7 Å². The van der Waals surface area contributed by atoms with Gasteiger partial charge >= 0.3 is 5.97 Å². The molecule has 0 aliphatic rings. The Hall–Kier alpha value is -1.54. The molecular weight excluding hydrogens is 250 g/mol. The van der Waals surface area contributed by atoms with E-state index in [0.29, 0.717) is 12.4 Å². The molecule has 1 rings (SSSR count). The normalized spacial score (nSPS) is 10.9. The van der Waals surface area contributed by atoms with Crippen molar-refractivity contribution in [3.8, 4) is 11.8 Å². The first-order chi connectivity index (χ1) is 8.44. The van der Waals surface area contributed by atoms with Crippen LogP contribution in [-0.2, 0) is 0 Å². The van der Waals surface area contributed by atoms with E-state index in [0.717, 1.165) is 30.6 Å². The lowest BCUT2D eigenvalue weighted by atomic mass is 9.89. The summed E-state index contributed by atoms with van der Waals surface area (Å²) in [6, 6.07) is 3.80. The van der Waals surface area contributed by atoms with E-state index in [1.165, 1.54) is 6.07 Å². The zero-order chi connectivity index (χ0) is 13.6. The Balaban J connectivity index is 2.22. The summed E-state index contributed by atoms with van der Waals surface area (Å²) in [5.74, 6) is -0.317. The zero-order valence-electron chi connectivity index (χ0n) is 10.6. The van der Waals surface area contributed by atoms with Crippen molar-refractivity contribution in [3.63, 3.8) is 0 Å². The SMILES string of the molecule is CC(C)(C#N)CCCCOc1csc(C(=O)O)c1. The van der Waals surface area contributed by atoms with Gasteiger partial charge in [-0.3, -0.25) is 0 Å². The minimum absolute atomic E-state index is 0.279. The first kappa shape index (κ1) is 14.5. The van der Waals surface area contributed by atoms with Gasteiger partial charge in [-0.15, -0.1) is 11.3 Å². The van der Waals surface area contributed by atoms with Gasteiger partial charge < -0.3 is 9.84 Å². The van der Waals surface area contributed by atoms with Gasteiger partial charge in [0, 0.05) is 11.4 Å². The summed E-state index contributed by atoms with van der Waals surface area (Å²) in [5.41, 5.74) is -0.279. The summed E-state index contributed by atoms with van der Waals surface area (Å²) in [6.07, 6.45) is 2.64. The summed E-state index contributed by atoms with van der Waals surface area (Å²) in [6.45, 7) is 4.40. The number of carboxylic acid groups (broad SMARTS) is 1. The highest BCUT2D eigenvalue weighted by Crippen LogP contribution is 2.23. The van der Waals surface area contributed by atoms with Crippen LogP contribution < -0.4 is 4.74 Å². The molecule has 0 fully saturated rings. The monoisotopic (exact) mass is 267 g/mol. The molecule has 0 aliphatic heterocycles. The van der Waals surface area contributed by atoms with Gasteiger partial charge in [-0.2, -0.15) is 5.26 Å². The molecule has 18 heavy (non-hydrogen) atoms. The Morgan fingerprint density at radius 3 is 2.83 bits per heavy atom. The third-order valence-corrected chi connectivity index (χ3v) is 3.45. The van der Waals surface area contributed by atoms with E-state index in [-0.39, 0.29) is 10.3 Å². The molecule has 0 radical (unpaired) electrons. The van der Waals surface area contributed by atoms with Gasteiger partial charge in [-0.1, -0.05) is 0 Å².